The zero-order valence-corrected chi connectivity index (χ0v) is 13.3. The van der Waals surface area contributed by atoms with Crippen LogP contribution >= 0.6 is 0 Å². The van der Waals surface area contributed by atoms with E-state index in [0.29, 0.717) is 6.54 Å². The van der Waals surface area contributed by atoms with Crippen molar-refractivity contribution in [1.29, 1.82) is 0 Å². The third-order valence-electron chi connectivity index (χ3n) is 4.57. The second kappa shape index (κ2) is 7.53. The van der Waals surface area contributed by atoms with E-state index in [9.17, 15) is 4.79 Å². The third kappa shape index (κ3) is 3.87. The minimum absolute atomic E-state index is 0.0536. The molecule has 1 heterocycles. The summed E-state index contributed by atoms with van der Waals surface area (Å²) in [7, 11) is 0. The van der Waals surface area contributed by atoms with Crippen molar-refractivity contribution >= 4 is 5.78 Å². The highest BCUT2D eigenvalue weighted by molar-refractivity contribution is 5.98. The van der Waals surface area contributed by atoms with Gasteiger partial charge >= 0.3 is 0 Å². The van der Waals surface area contributed by atoms with Crippen molar-refractivity contribution in [3.8, 4) is 11.1 Å². The Morgan fingerprint density at radius 1 is 1.04 bits per heavy atom. The molecule has 1 unspecified atom stereocenters. The maximum atomic E-state index is 12.7. The first-order valence-corrected chi connectivity index (χ1v) is 8.31. The van der Waals surface area contributed by atoms with E-state index in [1.54, 1.807) is 0 Å². The molecule has 2 aromatic carbocycles. The maximum absolute atomic E-state index is 12.7. The van der Waals surface area contributed by atoms with Crippen LogP contribution in [0.25, 0.3) is 11.1 Å². The summed E-state index contributed by atoms with van der Waals surface area (Å²) < 4.78 is 0. The second-order valence-corrected chi connectivity index (χ2v) is 6.17. The van der Waals surface area contributed by atoms with E-state index in [0.717, 1.165) is 37.1 Å². The molecule has 2 aromatic rings. The van der Waals surface area contributed by atoms with Crippen LogP contribution < -0.4 is 0 Å². The topological polar surface area (TPSA) is 40.5 Å². The van der Waals surface area contributed by atoms with Gasteiger partial charge in [0.15, 0.2) is 5.78 Å². The molecule has 0 radical (unpaired) electrons. The fourth-order valence-electron chi connectivity index (χ4n) is 3.31. The summed E-state index contributed by atoms with van der Waals surface area (Å²) in [4.78, 5) is 14.9. The Kier molecular flexibility index (Phi) is 5.21. The lowest BCUT2D eigenvalue weighted by Crippen LogP contribution is -2.40. The van der Waals surface area contributed by atoms with Crippen LogP contribution in [0.5, 0.6) is 0 Å². The minimum Gasteiger partial charge on any atom is -0.395 e. The molecule has 1 atom stereocenters. The number of rotatable bonds is 5. The number of benzene rings is 2. The molecule has 3 nitrogen and oxygen atoms in total. The van der Waals surface area contributed by atoms with Gasteiger partial charge in [-0.3, -0.25) is 4.79 Å². The largest absolute Gasteiger partial charge is 0.395 e. The Morgan fingerprint density at radius 2 is 1.74 bits per heavy atom. The van der Waals surface area contributed by atoms with Gasteiger partial charge in [-0.1, -0.05) is 54.6 Å². The van der Waals surface area contributed by atoms with Gasteiger partial charge in [0, 0.05) is 24.6 Å². The lowest BCUT2D eigenvalue weighted by atomic mass is 9.89. The summed E-state index contributed by atoms with van der Waals surface area (Å²) >= 11 is 0. The number of piperidine rings is 1. The van der Waals surface area contributed by atoms with Gasteiger partial charge in [0.05, 0.1) is 6.61 Å². The molecular formula is C20H23NO2. The van der Waals surface area contributed by atoms with E-state index in [1.807, 2.05) is 42.5 Å². The number of aliphatic hydroxyl groups excluding tert-OH is 1. The summed E-state index contributed by atoms with van der Waals surface area (Å²) in [5.74, 6) is 0.283. The van der Waals surface area contributed by atoms with Gasteiger partial charge in [0.25, 0.3) is 0 Å². The third-order valence-corrected chi connectivity index (χ3v) is 4.57. The summed E-state index contributed by atoms with van der Waals surface area (Å²) in [6, 6.07) is 18.1. The van der Waals surface area contributed by atoms with Gasteiger partial charge in [0.2, 0.25) is 0 Å². The van der Waals surface area contributed by atoms with Crippen molar-refractivity contribution in [2.75, 3.05) is 26.2 Å². The predicted molar refractivity (Wildman–Crippen MR) is 92.5 cm³/mol. The van der Waals surface area contributed by atoms with Crippen molar-refractivity contribution < 1.29 is 9.90 Å². The van der Waals surface area contributed by atoms with E-state index in [4.69, 9.17) is 5.11 Å². The van der Waals surface area contributed by atoms with E-state index >= 15 is 0 Å². The number of nitrogens with zero attached hydrogens (tertiary/aromatic N) is 1. The molecule has 1 aliphatic rings. The van der Waals surface area contributed by atoms with E-state index < -0.39 is 0 Å². The molecule has 0 aliphatic carbocycles. The summed E-state index contributed by atoms with van der Waals surface area (Å²) in [5, 5.41) is 9.07. The van der Waals surface area contributed by atoms with Crippen LogP contribution in [0.1, 0.15) is 23.2 Å². The Balaban J connectivity index is 1.70. The van der Waals surface area contributed by atoms with Gasteiger partial charge in [0.1, 0.15) is 0 Å². The molecule has 0 aromatic heterocycles. The number of ketones is 1. The second-order valence-electron chi connectivity index (χ2n) is 6.17. The zero-order chi connectivity index (χ0) is 16.1. The van der Waals surface area contributed by atoms with Gasteiger partial charge in [-0.2, -0.15) is 0 Å². The number of hydrogen-bond donors (Lipinski definition) is 1. The first-order chi connectivity index (χ1) is 11.3. The predicted octanol–water partition coefficient (Wildman–Crippen LogP) is 3.24. The van der Waals surface area contributed by atoms with Crippen LogP contribution in [0.3, 0.4) is 0 Å². The molecule has 1 saturated heterocycles. The average Bonchev–Trinajstić information content (AvgIpc) is 2.62. The highest BCUT2D eigenvalue weighted by Gasteiger charge is 2.26. The molecule has 0 saturated carbocycles. The molecule has 0 amide bonds. The molecule has 3 rings (SSSR count). The molecular weight excluding hydrogens is 286 g/mol. The minimum atomic E-state index is 0.0536. The highest BCUT2D eigenvalue weighted by Crippen LogP contribution is 2.23. The number of hydrogen-bond acceptors (Lipinski definition) is 3. The molecule has 0 bridgehead atoms. The average molecular weight is 309 g/mol. The van der Waals surface area contributed by atoms with Crippen molar-refractivity contribution in [2.24, 2.45) is 5.92 Å². The zero-order valence-electron chi connectivity index (χ0n) is 13.3. The first kappa shape index (κ1) is 15.9. The van der Waals surface area contributed by atoms with E-state index in [2.05, 4.69) is 17.0 Å². The van der Waals surface area contributed by atoms with E-state index in [1.165, 1.54) is 5.56 Å². The van der Waals surface area contributed by atoms with Crippen LogP contribution in [0, 0.1) is 5.92 Å². The SMILES string of the molecule is O=C(c1ccc(-c2ccccc2)cc1)C1CCCN(CCO)C1. The maximum Gasteiger partial charge on any atom is 0.167 e. The van der Waals surface area contributed by atoms with Crippen molar-refractivity contribution in [1.82, 2.24) is 4.90 Å². The fraction of sp³-hybridized carbons (Fsp3) is 0.350. The first-order valence-electron chi connectivity index (χ1n) is 8.31. The Hall–Kier alpha value is -1.97. The Labute approximate surface area is 137 Å². The molecule has 1 aliphatic heterocycles. The normalized spacial score (nSPS) is 18.7. The van der Waals surface area contributed by atoms with Crippen molar-refractivity contribution in [2.45, 2.75) is 12.8 Å². The van der Waals surface area contributed by atoms with Crippen molar-refractivity contribution in [3.05, 3.63) is 60.2 Å². The smallest absolute Gasteiger partial charge is 0.167 e. The van der Waals surface area contributed by atoms with Crippen LogP contribution in [-0.2, 0) is 0 Å². The molecule has 23 heavy (non-hydrogen) atoms. The van der Waals surface area contributed by atoms with Gasteiger partial charge in [-0.05, 0) is 30.5 Å². The summed E-state index contributed by atoms with van der Waals surface area (Å²) in [6.45, 7) is 2.57. The number of aliphatic hydroxyl groups is 1. The quantitative estimate of drug-likeness (QED) is 0.862. The van der Waals surface area contributed by atoms with Gasteiger partial charge in [-0.25, -0.2) is 0 Å². The molecule has 0 spiro atoms. The van der Waals surface area contributed by atoms with Crippen LogP contribution in [0.2, 0.25) is 0 Å². The number of Topliss-reactive ketones (excluding diaryl/α,β-unsaturated/α-hetero) is 1. The van der Waals surface area contributed by atoms with E-state index in [-0.39, 0.29) is 18.3 Å². The number of carbonyl (C=O) groups excluding carboxylic acids is 1. The monoisotopic (exact) mass is 309 g/mol. The standard InChI is InChI=1S/C20H23NO2/c22-14-13-21-12-4-7-19(15-21)20(23)18-10-8-17(9-11-18)16-5-2-1-3-6-16/h1-3,5-6,8-11,19,22H,4,7,12-15H2. The van der Waals surface area contributed by atoms with Crippen LogP contribution in [0.4, 0.5) is 0 Å². The molecule has 1 N–H and O–H groups in total. The lowest BCUT2D eigenvalue weighted by molar-refractivity contribution is 0.0794. The van der Waals surface area contributed by atoms with Gasteiger partial charge < -0.3 is 10.0 Å². The Bertz CT molecular complexity index is 634. The summed E-state index contributed by atoms with van der Waals surface area (Å²) in [6.07, 6.45) is 1.97. The highest BCUT2D eigenvalue weighted by atomic mass is 16.3. The van der Waals surface area contributed by atoms with Crippen molar-refractivity contribution in [3.63, 3.8) is 0 Å². The van der Waals surface area contributed by atoms with Gasteiger partial charge in [-0.15, -0.1) is 0 Å². The Morgan fingerprint density at radius 3 is 2.43 bits per heavy atom. The van der Waals surface area contributed by atoms with Crippen LogP contribution in [-0.4, -0.2) is 42.0 Å². The molecule has 120 valence electrons. The number of carbonyl (C=O) groups is 1. The number of likely N-dealkylation sites (tertiary alicyclic amines) is 1. The fourth-order valence-corrected chi connectivity index (χ4v) is 3.31. The molecule has 3 heteroatoms. The lowest BCUT2D eigenvalue weighted by Gasteiger charge is -2.31. The summed E-state index contributed by atoms with van der Waals surface area (Å²) in [5.41, 5.74) is 3.09. The van der Waals surface area contributed by atoms with Crippen LogP contribution in [0.15, 0.2) is 54.6 Å². The molecule has 1 fully saturated rings. The number of β-amino-alcohol motifs (C(OH)–C–C–N with tert-alkyl or cyclic N) is 1.